The zero-order chi connectivity index (χ0) is 18.5. The van der Waals surface area contributed by atoms with E-state index in [-0.39, 0.29) is 42.7 Å². The number of nitrogens with zero attached hydrogens (tertiary/aromatic N) is 4. The van der Waals surface area contributed by atoms with Crippen molar-refractivity contribution >= 4 is 11.7 Å². The molecule has 0 aliphatic carbocycles. The van der Waals surface area contributed by atoms with Gasteiger partial charge in [0.05, 0.1) is 12.1 Å². The minimum atomic E-state index is -0.385. The molecule has 1 aliphatic rings. The third kappa shape index (κ3) is 3.46. The maximum atomic E-state index is 12.9. The van der Waals surface area contributed by atoms with Gasteiger partial charge in [-0.15, -0.1) is 0 Å². The first-order valence-electron chi connectivity index (χ1n) is 8.58. The van der Waals surface area contributed by atoms with Gasteiger partial charge in [0, 0.05) is 17.3 Å². The van der Waals surface area contributed by atoms with Crippen molar-refractivity contribution in [3.63, 3.8) is 0 Å². The lowest BCUT2D eigenvalue weighted by atomic mass is 9.80. The zero-order valence-corrected chi connectivity index (χ0v) is 14.5. The Morgan fingerprint density at radius 2 is 1.69 bits per heavy atom. The fraction of sp³-hybridized carbons (Fsp3) is 0.300. The average Bonchev–Trinajstić information content (AvgIpc) is 2.69. The molecule has 3 atom stereocenters. The van der Waals surface area contributed by atoms with Crippen LogP contribution in [-0.4, -0.2) is 23.1 Å². The summed E-state index contributed by atoms with van der Waals surface area (Å²) >= 11 is 0. The Bertz CT molecular complexity index is 831. The Hall–Kier alpha value is -3.11. The third-order valence-electron chi connectivity index (χ3n) is 4.89. The van der Waals surface area contributed by atoms with E-state index in [1.54, 1.807) is 4.90 Å². The molecule has 0 spiro atoms. The van der Waals surface area contributed by atoms with Crippen molar-refractivity contribution in [2.75, 3.05) is 6.54 Å². The second kappa shape index (κ2) is 7.85. The van der Waals surface area contributed by atoms with Crippen LogP contribution in [0.4, 0.5) is 0 Å². The van der Waals surface area contributed by atoms with E-state index < -0.39 is 0 Å². The highest BCUT2D eigenvalue weighted by Gasteiger charge is 2.43. The molecule has 3 rings (SSSR count). The van der Waals surface area contributed by atoms with Gasteiger partial charge in [-0.2, -0.15) is 0 Å². The molecule has 1 heterocycles. The fourth-order valence-corrected chi connectivity index (χ4v) is 3.64. The van der Waals surface area contributed by atoms with E-state index in [9.17, 15) is 9.59 Å². The first-order valence-corrected chi connectivity index (χ1v) is 8.58. The Morgan fingerprint density at radius 3 is 2.27 bits per heavy atom. The molecule has 132 valence electrons. The summed E-state index contributed by atoms with van der Waals surface area (Å²) in [6.45, 7) is 1.60. The first-order chi connectivity index (χ1) is 12.6. The highest BCUT2D eigenvalue weighted by Crippen LogP contribution is 2.43. The second-order valence-electron chi connectivity index (χ2n) is 6.43. The van der Waals surface area contributed by atoms with Gasteiger partial charge in [-0.3, -0.25) is 9.59 Å². The van der Waals surface area contributed by atoms with Crippen molar-refractivity contribution in [3.05, 3.63) is 82.2 Å². The van der Waals surface area contributed by atoms with Crippen molar-refractivity contribution in [2.45, 2.75) is 25.4 Å². The van der Waals surface area contributed by atoms with Crippen LogP contribution in [0.15, 0.2) is 65.8 Å². The molecule has 2 aromatic carbocycles. The topological polar surface area (TPSA) is 86.1 Å². The van der Waals surface area contributed by atoms with Crippen LogP contribution in [0.25, 0.3) is 10.4 Å². The van der Waals surface area contributed by atoms with Crippen LogP contribution in [0.5, 0.6) is 0 Å². The summed E-state index contributed by atoms with van der Waals surface area (Å²) in [5.41, 5.74) is 10.4. The van der Waals surface area contributed by atoms with Crippen LogP contribution in [0.1, 0.15) is 36.6 Å². The molecule has 1 aliphatic heterocycles. The standard InChI is InChI=1S/C20H20N4O2/c1-14-18(25)12-17(15-8-4-2-5-9-15)24(19(26)13-22-23-21)20(14)16-10-6-3-7-11-16/h2-11,14,17,20H,12-13H2,1H3. The predicted molar refractivity (Wildman–Crippen MR) is 98.0 cm³/mol. The van der Waals surface area contributed by atoms with Gasteiger partial charge in [-0.05, 0) is 16.7 Å². The zero-order valence-electron chi connectivity index (χ0n) is 14.5. The summed E-state index contributed by atoms with van der Waals surface area (Å²) in [6.07, 6.45) is 0.260. The van der Waals surface area contributed by atoms with Gasteiger partial charge in [0.2, 0.25) is 5.91 Å². The average molecular weight is 348 g/mol. The molecular formula is C20H20N4O2. The fourth-order valence-electron chi connectivity index (χ4n) is 3.64. The van der Waals surface area contributed by atoms with Crippen LogP contribution in [0, 0.1) is 5.92 Å². The van der Waals surface area contributed by atoms with Crippen molar-refractivity contribution in [1.82, 2.24) is 4.90 Å². The number of ketones is 1. The van der Waals surface area contributed by atoms with E-state index in [1.165, 1.54) is 0 Å². The minimum absolute atomic E-state index is 0.126. The molecule has 0 saturated carbocycles. The van der Waals surface area contributed by atoms with E-state index in [0.29, 0.717) is 0 Å². The van der Waals surface area contributed by atoms with Crippen molar-refractivity contribution < 1.29 is 9.59 Å². The van der Waals surface area contributed by atoms with Crippen molar-refractivity contribution in [3.8, 4) is 0 Å². The minimum Gasteiger partial charge on any atom is -0.327 e. The van der Waals surface area contributed by atoms with E-state index in [4.69, 9.17) is 5.53 Å². The number of carbonyl (C=O) groups excluding carboxylic acids is 2. The summed E-state index contributed by atoms with van der Waals surface area (Å²) in [5.74, 6) is -0.474. The molecule has 6 nitrogen and oxygen atoms in total. The Labute approximate surface area is 152 Å². The Morgan fingerprint density at radius 1 is 1.12 bits per heavy atom. The number of hydrogen-bond donors (Lipinski definition) is 0. The summed E-state index contributed by atoms with van der Waals surface area (Å²) in [7, 11) is 0. The molecule has 3 unspecified atom stereocenters. The molecule has 0 radical (unpaired) electrons. The van der Waals surface area contributed by atoms with Crippen LogP contribution in [0.3, 0.4) is 0 Å². The van der Waals surface area contributed by atoms with Gasteiger partial charge in [0.15, 0.2) is 0 Å². The smallest absolute Gasteiger partial charge is 0.229 e. The third-order valence-corrected chi connectivity index (χ3v) is 4.89. The number of azide groups is 1. The lowest BCUT2D eigenvalue weighted by molar-refractivity contribution is -0.145. The molecule has 26 heavy (non-hydrogen) atoms. The lowest BCUT2D eigenvalue weighted by Gasteiger charge is -2.45. The molecule has 1 amide bonds. The van der Waals surface area contributed by atoms with Crippen LogP contribution < -0.4 is 0 Å². The highest BCUT2D eigenvalue weighted by molar-refractivity contribution is 5.88. The van der Waals surface area contributed by atoms with Crippen LogP contribution in [-0.2, 0) is 9.59 Å². The maximum Gasteiger partial charge on any atom is 0.229 e. The van der Waals surface area contributed by atoms with Gasteiger partial charge in [-0.1, -0.05) is 72.7 Å². The van der Waals surface area contributed by atoms with Gasteiger partial charge < -0.3 is 4.90 Å². The monoisotopic (exact) mass is 348 g/mol. The summed E-state index contributed by atoms with van der Waals surface area (Å²) in [4.78, 5) is 30.1. The molecule has 0 aromatic heterocycles. The summed E-state index contributed by atoms with van der Waals surface area (Å²) in [5, 5.41) is 3.45. The summed E-state index contributed by atoms with van der Waals surface area (Å²) in [6, 6.07) is 18.3. The van der Waals surface area contributed by atoms with Crippen LogP contribution >= 0.6 is 0 Å². The van der Waals surface area contributed by atoms with Gasteiger partial charge in [-0.25, -0.2) is 0 Å². The first kappa shape index (κ1) is 17.7. The van der Waals surface area contributed by atoms with Gasteiger partial charge in [0.1, 0.15) is 12.3 Å². The van der Waals surface area contributed by atoms with Gasteiger partial charge >= 0.3 is 0 Å². The number of rotatable bonds is 4. The normalized spacial score (nSPS) is 22.6. The van der Waals surface area contributed by atoms with E-state index in [0.717, 1.165) is 11.1 Å². The molecule has 2 aromatic rings. The lowest BCUT2D eigenvalue weighted by Crippen LogP contribution is -2.48. The Kier molecular flexibility index (Phi) is 5.34. The number of benzene rings is 2. The van der Waals surface area contributed by atoms with Gasteiger partial charge in [0.25, 0.3) is 0 Å². The Balaban J connectivity index is 2.09. The van der Waals surface area contributed by atoms with Crippen LogP contribution in [0.2, 0.25) is 0 Å². The number of amides is 1. The molecule has 1 saturated heterocycles. The summed E-state index contributed by atoms with van der Waals surface area (Å²) < 4.78 is 0. The van der Waals surface area contributed by atoms with Crippen molar-refractivity contribution in [1.29, 1.82) is 0 Å². The number of likely N-dealkylation sites (tertiary alicyclic amines) is 1. The number of piperidine rings is 1. The number of hydrogen-bond acceptors (Lipinski definition) is 3. The SMILES string of the molecule is CC1C(=O)CC(c2ccccc2)N(C(=O)CN=[N+]=[N-])C1c1ccccc1. The molecular weight excluding hydrogens is 328 g/mol. The number of Topliss-reactive ketones (excluding diaryl/α,β-unsaturated/α-hetero) is 1. The molecule has 6 heteroatoms. The molecule has 1 fully saturated rings. The molecule has 0 N–H and O–H groups in total. The predicted octanol–water partition coefficient (Wildman–Crippen LogP) is 4.22. The van der Waals surface area contributed by atoms with E-state index in [1.807, 2.05) is 67.6 Å². The quantitative estimate of drug-likeness (QED) is 0.470. The maximum absolute atomic E-state index is 12.9. The van der Waals surface area contributed by atoms with Crippen molar-refractivity contribution in [2.24, 2.45) is 11.0 Å². The second-order valence-corrected chi connectivity index (χ2v) is 6.43. The van der Waals surface area contributed by atoms with E-state index >= 15 is 0 Å². The highest BCUT2D eigenvalue weighted by atomic mass is 16.2. The largest absolute Gasteiger partial charge is 0.327 e. The van der Waals surface area contributed by atoms with E-state index in [2.05, 4.69) is 10.0 Å². The molecule has 0 bridgehead atoms. The number of carbonyl (C=O) groups is 2.